The number of nitrogens with one attached hydrogen (secondary N) is 1. The highest BCUT2D eigenvalue weighted by Gasteiger charge is 2.25. The minimum Gasteiger partial charge on any atom is -0.336 e. The first-order chi connectivity index (χ1) is 12.2. The predicted molar refractivity (Wildman–Crippen MR) is 109 cm³/mol. The van der Waals surface area contributed by atoms with E-state index in [0.29, 0.717) is 11.5 Å². The molecule has 0 fully saturated rings. The molecule has 26 heavy (non-hydrogen) atoms. The first kappa shape index (κ1) is 21.3. The standard InChI is InChI=1S/C17H21NO4S4/c1-18(2)15(13-23-25(19,20)16-9-5-3-6-10-16)14-24-26(21,22)17-11-7-4-8-12-17/h3-12,15H,13-14H2,1-2H3/p+1. The second-order valence-corrected chi connectivity index (χ2v) is 13.8. The summed E-state index contributed by atoms with van der Waals surface area (Å²) in [7, 11) is -1.39. The van der Waals surface area contributed by atoms with Gasteiger partial charge in [0, 0.05) is 0 Å². The van der Waals surface area contributed by atoms with E-state index in [0.717, 1.165) is 26.5 Å². The molecule has 0 bridgehead atoms. The maximum atomic E-state index is 12.4. The van der Waals surface area contributed by atoms with Gasteiger partial charge in [-0.15, -0.1) is 0 Å². The summed E-state index contributed by atoms with van der Waals surface area (Å²) in [5, 5.41) is 0. The molecule has 9 heteroatoms. The van der Waals surface area contributed by atoms with E-state index < -0.39 is 17.7 Å². The van der Waals surface area contributed by atoms with Gasteiger partial charge in [-0.05, 0) is 45.9 Å². The molecule has 0 spiro atoms. The average molecular weight is 433 g/mol. The number of quaternary nitrogens is 1. The second-order valence-electron chi connectivity index (χ2n) is 5.88. The molecule has 1 N–H and O–H groups in total. The first-order valence-corrected chi connectivity index (χ1v) is 13.9. The Kier molecular flexibility index (Phi) is 7.60. The van der Waals surface area contributed by atoms with Crippen molar-refractivity contribution >= 4 is 39.3 Å². The Hall–Kier alpha value is -1.00. The summed E-state index contributed by atoms with van der Waals surface area (Å²) in [4.78, 5) is 1.54. The molecule has 0 aliphatic carbocycles. The maximum absolute atomic E-state index is 12.4. The fourth-order valence-corrected chi connectivity index (χ4v) is 8.57. The zero-order chi connectivity index (χ0) is 19.2. The van der Waals surface area contributed by atoms with Gasteiger partial charge in [-0.2, -0.15) is 0 Å². The van der Waals surface area contributed by atoms with Gasteiger partial charge in [0.1, 0.15) is 6.04 Å². The van der Waals surface area contributed by atoms with E-state index in [4.69, 9.17) is 0 Å². The molecular formula is C17H22NO4S4+. The van der Waals surface area contributed by atoms with Crippen LogP contribution in [-0.2, 0) is 17.7 Å². The Labute approximate surface area is 162 Å². The predicted octanol–water partition coefficient (Wildman–Crippen LogP) is 1.74. The third-order valence-electron chi connectivity index (χ3n) is 3.73. The minimum absolute atomic E-state index is 0.123. The average Bonchev–Trinajstić information content (AvgIpc) is 2.62. The van der Waals surface area contributed by atoms with Gasteiger partial charge in [0.05, 0.1) is 35.4 Å². The van der Waals surface area contributed by atoms with E-state index in [2.05, 4.69) is 0 Å². The van der Waals surface area contributed by atoms with Crippen LogP contribution in [0.3, 0.4) is 0 Å². The Bertz CT molecular complexity index is 825. The van der Waals surface area contributed by atoms with E-state index in [1.54, 1.807) is 60.7 Å². The van der Waals surface area contributed by atoms with Crippen molar-refractivity contribution in [3.05, 3.63) is 60.7 Å². The number of rotatable bonds is 9. The fraction of sp³-hybridized carbons (Fsp3) is 0.294. The van der Waals surface area contributed by atoms with Crippen LogP contribution in [0.2, 0.25) is 0 Å². The van der Waals surface area contributed by atoms with Crippen molar-refractivity contribution in [2.45, 2.75) is 15.8 Å². The number of hydrogen-bond donors (Lipinski definition) is 1. The highest BCUT2D eigenvalue weighted by Crippen LogP contribution is 2.26. The van der Waals surface area contributed by atoms with Crippen molar-refractivity contribution in [3.8, 4) is 0 Å². The third-order valence-corrected chi connectivity index (χ3v) is 11.0. The fourth-order valence-electron chi connectivity index (χ4n) is 2.04. The minimum atomic E-state index is -3.45. The monoisotopic (exact) mass is 432 g/mol. The highest BCUT2D eigenvalue weighted by atomic mass is 33.1. The van der Waals surface area contributed by atoms with E-state index in [9.17, 15) is 16.8 Å². The van der Waals surface area contributed by atoms with Crippen LogP contribution >= 0.6 is 21.6 Å². The molecule has 0 amide bonds. The van der Waals surface area contributed by atoms with Crippen LogP contribution in [0.5, 0.6) is 0 Å². The molecule has 0 radical (unpaired) electrons. The molecule has 0 aliphatic rings. The summed E-state index contributed by atoms with van der Waals surface area (Å²) in [6, 6.07) is 16.4. The largest absolute Gasteiger partial charge is 0.336 e. The van der Waals surface area contributed by atoms with Gasteiger partial charge >= 0.3 is 0 Å². The zero-order valence-corrected chi connectivity index (χ0v) is 17.8. The summed E-state index contributed by atoms with van der Waals surface area (Å²) in [5.74, 6) is 0.633. The highest BCUT2D eigenvalue weighted by molar-refractivity contribution is 8.72. The summed E-state index contributed by atoms with van der Waals surface area (Å²) in [6.07, 6.45) is 0. The lowest BCUT2D eigenvalue weighted by molar-refractivity contribution is -0.879. The summed E-state index contributed by atoms with van der Waals surface area (Å²) < 4.78 is 49.6. The lowest BCUT2D eigenvalue weighted by atomic mass is 10.4. The Morgan fingerprint density at radius 3 is 1.38 bits per heavy atom. The van der Waals surface area contributed by atoms with E-state index >= 15 is 0 Å². The smallest absolute Gasteiger partial charge is 0.230 e. The molecule has 2 rings (SSSR count). The Morgan fingerprint density at radius 2 is 1.08 bits per heavy atom. The van der Waals surface area contributed by atoms with Gasteiger partial charge in [-0.1, -0.05) is 36.4 Å². The summed E-state index contributed by atoms with van der Waals surface area (Å²) in [5.41, 5.74) is 0. The molecular weight excluding hydrogens is 410 g/mol. The van der Waals surface area contributed by atoms with Crippen molar-refractivity contribution in [2.75, 3.05) is 25.6 Å². The molecule has 0 unspecified atom stereocenters. The van der Waals surface area contributed by atoms with E-state index in [-0.39, 0.29) is 15.8 Å². The van der Waals surface area contributed by atoms with Crippen LogP contribution < -0.4 is 4.90 Å². The van der Waals surface area contributed by atoms with Crippen molar-refractivity contribution in [1.29, 1.82) is 0 Å². The van der Waals surface area contributed by atoms with Gasteiger partial charge in [0.25, 0.3) is 0 Å². The molecule has 2 aromatic carbocycles. The summed E-state index contributed by atoms with van der Waals surface area (Å²) >= 11 is 0. The topological polar surface area (TPSA) is 72.7 Å². The van der Waals surface area contributed by atoms with Crippen LogP contribution in [-0.4, -0.2) is 48.5 Å². The van der Waals surface area contributed by atoms with Crippen LogP contribution in [0.25, 0.3) is 0 Å². The van der Waals surface area contributed by atoms with Gasteiger partial charge in [-0.25, -0.2) is 16.8 Å². The molecule has 0 atom stereocenters. The molecule has 0 saturated carbocycles. The molecule has 0 saturated heterocycles. The van der Waals surface area contributed by atoms with E-state index in [1.807, 2.05) is 14.1 Å². The van der Waals surface area contributed by atoms with E-state index in [1.165, 1.54) is 0 Å². The zero-order valence-electron chi connectivity index (χ0n) is 14.5. The number of hydrogen-bond acceptors (Lipinski definition) is 6. The summed E-state index contributed by atoms with van der Waals surface area (Å²) in [6.45, 7) is 0. The van der Waals surface area contributed by atoms with Crippen molar-refractivity contribution in [2.24, 2.45) is 0 Å². The van der Waals surface area contributed by atoms with Crippen LogP contribution in [0.4, 0.5) is 0 Å². The Balaban J connectivity index is 2.01. The van der Waals surface area contributed by atoms with Gasteiger partial charge in [0.2, 0.25) is 17.7 Å². The first-order valence-electron chi connectivity index (χ1n) is 7.91. The quantitative estimate of drug-likeness (QED) is 0.609. The van der Waals surface area contributed by atoms with Gasteiger partial charge in [-0.3, -0.25) is 0 Å². The third kappa shape index (κ3) is 6.02. The molecule has 142 valence electrons. The van der Waals surface area contributed by atoms with Crippen molar-refractivity contribution in [3.63, 3.8) is 0 Å². The van der Waals surface area contributed by atoms with Crippen molar-refractivity contribution < 1.29 is 21.7 Å². The second kappa shape index (κ2) is 9.27. The number of benzene rings is 2. The SMILES string of the molecule is C[NH+](C)C(CSS(=O)(=O)c1ccccc1)CSS(=O)(=O)c1ccccc1. The van der Waals surface area contributed by atoms with Gasteiger partial charge in [0.15, 0.2) is 0 Å². The Morgan fingerprint density at radius 1 is 0.731 bits per heavy atom. The lowest BCUT2D eigenvalue weighted by Crippen LogP contribution is -3.11. The maximum Gasteiger partial charge on any atom is 0.230 e. The van der Waals surface area contributed by atoms with Crippen LogP contribution in [0, 0.1) is 0 Å². The molecule has 0 aliphatic heterocycles. The lowest BCUT2D eigenvalue weighted by Gasteiger charge is -2.20. The molecule has 0 aromatic heterocycles. The normalized spacial score (nSPS) is 12.6. The van der Waals surface area contributed by atoms with Crippen LogP contribution in [0.15, 0.2) is 70.5 Å². The van der Waals surface area contributed by atoms with Crippen LogP contribution in [0.1, 0.15) is 0 Å². The molecule has 5 nitrogen and oxygen atoms in total. The molecule has 0 heterocycles. The molecule has 2 aromatic rings. The van der Waals surface area contributed by atoms with Crippen molar-refractivity contribution in [1.82, 2.24) is 0 Å². The van der Waals surface area contributed by atoms with Gasteiger partial charge < -0.3 is 4.90 Å².